The molecule has 4 nitrogen and oxygen atoms in total. The van der Waals surface area contributed by atoms with Gasteiger partial charge in [0.1, 0.15) is 5.76 Å². The molecule has 2 heterocycles. The fourth-order valence-electron chi connectivity index (χ4n) is 2.76. The largest absolute Gasteiger partial charge is 0.451 e. The molecule has 1 saturated heterocycles. The summed E-state index contributed by atoms with van der Waals surface area (Å²) in [5.41, 5.74) is 0.784. The van der Waals surface area contributed by atoms with Crippen molar-refractivity contribution in [1.82, 2.24) is 4.90 Å². The molecule has 116 valence electrons. The van der Waals surface area contributed by atoms with Crippen molar-refractivity contribution in [2.75, 3.05) is 13.1 Å². The zero-order chi connectivity index (χ0) is 15.7. The molecule has 0 saturated carbocycles. The maximum atomic E-state index is 12.6. The number of furan rings is 1. The van der Waals surface area contributed by atoms with Crippen LogP contribution in [0.15, 0.2) is 40.8 Å². The third-order valence-electron chi connectivity index (χ3n) is 3.66. The quantitative estimate of drug-likeness (QED) is 0.844. The topological polar surface area (TPSA) is 42.7 Å². The Morgan fingerprint density at radius 1 is 1.14 bits per heavy atom. The first kappa shape index (κ1) is 15.1. The number of nitrogens with zero attached hydrogens (tertiary/aromatic N) is 1. The summed E-state index contributed by atoms with van der Waals surface area (Å²) in [6.45, 7) is 5.08. The summed E-state index contributed by atoms with van der Waals surface area (Å²) < 4.78 is 11.4. The van der Waals surface area contributed by atoms with Crippen LogP contribution in [-0.2, 0) is 4.74 Å². The first-order chi connectivity index (χ1) is 10.5. The Kier molecular flexibility index (Phi) is 4.23. The van der Waals surface area contributed by atoms with Crippen LogP contribution in [0, 0.1) is 0 Å². The molecule has 22 heavy (non-hydrogen) atoms. The highest BCUT2D eigenvalue weighted by atomic mass is 35.5. The lowest BCUT2D eigenvalue weighted by Crippen LogP contribution is -2.48. The second-order valence-electron chi connectivity index (χ2n) is 5.61. The Labute approximate surface area is 134 Å². The normalized spacial score (nSPS) is 21.9. The van der Waals surface area contributed by atoms with E-state index in [1.54, 1.807) is 23.1 Å². The standard InChI is InChI=1S/C17H18ClNO3/c1-11-9-19(10-12(2)21-11)17(20)16-8-7-15(22-16)13-5-3-4-6-14(13)18/h3-8,11-12H,9-10H2,1-2H3/t11-,12+. The van der Waals surface area contributed by atoms with E-state index >= 15 is 0 Å². The van der Waals surface area contributed by atoms with Crippen molar-refractivity contribution in [3.05, 3.63) is 47.2 Å². The van der Waals surface area contributed by atoms with Crippen molar-refractivity contribution >= 4 is 17.5 Å². The van der Waals surface area contributed by atoms with Crippen LogP contribution in [0.2, 0.25) is 5.02 Å². The lowest BCUT2D eigenvalue weighted by atomic mass is 10.2. The highest BCUT2D eigenvalue weighted by molar-refractivity contribution is 6.33. The Morgan fingerprint density at radius 3 is 2.50 bits per heavy atom. The molecule has 5 heteroatoms. The fourth-order valence-corrected chi connectivity index (χ4v) is 2.99. The van der Waals surface area contributed by atoms with E-state index in [-0.39, 0.29) is 18.1 Å². The van der Waals surface area contributed by atoms with Gasteiger partial charge in [-0.25, -0.2) is 0 Å². The zero-order valence-corrected chi connectivity index (χ0v) is 13.3. The Balaban J connectivity index is 1.82. The van der Waals surface area contributed by atoms with Gasteiger partial charge in [-0.15, -0.1) is 0 Å². The van der Waals surface area contributed by atoms with E-state index in [2.05, 4.69) is 0 Å². The van der Waals surface area contributed by atoms with E-state index in [0.29, 0.717) is 29.6 Å². The molecule has 1 amide bonds. The van der Waals surface area contributed by atoms with Gasteiger partial charge < -0.3 is 14.1 Å². The highest BCUT2D eigenvalue weighted by Gasteiger charge is 2.28. The molecule has 1 aliphatic heterocycles. The number of ether oxygens (including phenoxy) is 1. The Morgan fingerprint density at radius 2 is 1.82 bits per heavy atom. The number of morpholine rings is 1. The minimum absolute atomic E-state index is 0.0331. The van der Waals surface area contributed by atoms with E-state index < -0.39 is 0 Å². The van der Waals surface area contributed by atoms with Crippen molar-refractivity contribution in [2.45, 2.75) is 26.1 Å². The number of carbonyl (C=O) groups is 1. The minimum atomic E-state index is -0.111. The smallest absolute Gasteiger partial charge is 0.289 e. The van der Waals surface area contributed by atoms with Crippen LogP contribution in [0.4, 0.5) is 0 Å². The summed E-state index contributed by atoms with van der Waals surface area (Å²) in [5, 5.41) is 0.601. The Hall–Kier alpha value is -1.78. The summed E-state index contributed by atoms with van der Waals surface area (Å²) in [7, 11) is 0. The second-order valence-corrected chi connectivity index (χ2v) is 6.02. The van der Waals surface area contributed by atoms with Gasteiger partial charge >= 0.3 is 0 Å². The molecule has 2 aromatic rings. The van der Waals surface area contributed by atoms with Gasteiger partial charge in [-0.1, -0.05) is 23.7 Å². The van der Waals surface area contributed by atoms with Crippen LogP contribution in [0.25, 0.3) is 11.3 Å². The molecular formula is C17H18ClNO3. The van der Waals surface area contributed by atoms with E-state index in [1.807, 2.05) is 32.0 Å². The average molecular weight is 320 g/mol. The van der Waals surface area contributed by atoms with Gasteiger partial charge in [-0.05, 0) is 38.1 Å². The molecule has 0 unspecified atom stereocenters. The monoisotopic (exact) mass is 319 g/mol. The predicted octanol–water partition coefficient (Wildman–Crippen LogP) is 3.85. The lowest BCUT2D eigenvalue weighted by Gasteiger charge is -2.34. The van der Waals surface area contributed by atoms with Crippen LogP contribution < -0.4 is 0 Å². The first-order valence-electron chi connectivity index (χ1n) is 7.34. The van der Waals surface area contributed by atoms with E-state index in [9.17, 15) is 4.79 Å². The SMILES string of the molecule is C[C@@H]1CN(C(=O)c2ccc(-c3ccccc3Cl)o2)C[C@H](C)O1. The third kappa shape index (κ3) is 3.03. The van der Waals surface area contributed by atoms with Gasteiger partial charge in [0.25, 0.3) is 5.91 Å². The van der Waals surface area contributed by atoms with Crippen LogP contribution in [0.3, 0.4) is 0 Å². The number of rotatable bonds is 2. The molecule has 1 aromatic heterocycles. The summed E-state index contributed by atoms with van der Waals surface area (Å²) in [6.07, 6.45) is 0.0661. The van der Waals surface area contributed by atoms with Crippen LogP contribution in [0.1, 0.15) is 24.4 Å². The van der Waals surface area contributed by atoms with E-state index in [0.717, 1.165) is 5.56 Å². The van der Waals surface area contributed by atoms with Crippen molar-refractivity contribution in [2.24, 2.45) is 0 Å². The van der Waals surface area contributed by atoms with Crippen molar-refractivity contribution in [1.29, 1.82) is 0 Å². The minimum Gasteiger partial charge on any atom is -0.451 e. The maximum absolute atomic E-state index is 12.6. The van der Waals surface area contributed by atoms with Crippen LogP contribution >= 0.6 is 11.6 Å². The summed E-state index contributed by atoms with van der Waals surface area (Å²) in [6, 6.07) is 10.9. The number of hydrogen-bond acceptors (Lipinski definition) is 3. The van der Waals surface area contributed by atoms with Gasteiger partial charge in [0.05, 0.1) is 17.2 Å². The molecule has 1 aliphatic rings. The maximum Gasteiger partial charge on any atom is 0.289 e. The second kappa shape index (κ2) is 6.15. The number of benzene rings is 1. The molecule has 1 aromatic carbocycles. The molecule has 1 fully saturated rings. The molecule has 0 spiro atoms. The predicted molar refractivity (Wildman–Crippen MR) is 85.1 cm³/mol. The molecular weight excluding hydrogens is 302 g/mol. The summed E-state index contributed by atoms with van der Waals surface area (Å²) in [4.78, 5) is 14.3. The van der Waals surface area contributed by atoms with Crippen LogP contribution in [-0.4, -0.2) is 36.1 Å². The molecule has 3 rings (SSSR count). The molecule has 0 radical (unpaired) electrons. The molecule has 0 aliphatic carbocycles. The van der Waals surface area contributed by atoms with Gasteiger partial charge in [-0.2, -0.15) is 0 Å². The van der Waals surface area contributed by atoms with E-state index in [4.69, 9.17) is 20.8 Å². The summed E-state index contributed by atoms with van der Waals surface area (Å²) >= 11 is 6.16. The molecule has 0 N–H and O–H groups in total. The van der Waals surface area contributed by atoms with Crippen LogP contribution in [0.5, 0.6) is 0 Å². The zero-order valence-electron chi connectivity index (χ0n) is 12.6. The number of halogens is 1. The lowest BCUT2D eigenvalue weighted by molar-refractivity contribution is -0.0592. The van der Waals surface area contributed by atoms with Gasteiger partial charge in [0, 0.05) is 18.7 Å². The molecule has 0 bridgehead atoms. The molecule has 2 atom stereocenters. The number of hydrogen-bond donors (Lipinski definition) is 0. The van der Waals surface area contributed by atoms with Crippen molar-refractivity contribution in [3.8, 4) is 11.3 Å². The first-order valence-corrected chi connectivity index (χ1v) is 7.72. The van der Waals surface area contributed by atoms with Gasteiger partial charge in [0.2, 0.25) is 0 Å². The Bertz CT molecular complexity index is 672. The fraction of sp³-hybridized carbons (Fsp3) is 0.353. The van der Waals surface area contributed by atoms with Gasteiger partial charge in [0.15, 0.2) is 5.76 Å². The third-order valence-corrected chi connectivity index (χ3v) is 3.99. The number of carbonyl (C=O) groups excluding carboxylic acids is 1. The van der Waals surface area contributed by atoms with Crippen molar-refractivity contribution in [3.63, 3.8) is 0 Å². The van der Waals surface area contributed by atoms with E-state index in [1.165, 1.54) is 0 Å². The number of amides is 1. The highest BCUT2D eigenvalue weighted by Crippen LogP contribution is 2.29. The van der Waals surface area contributed by atoms with Gasteiger partial charge in [-0.3, -0.25) is 4.79 Å². The van der Waals surface area contributed by atoms with Crippen molar-refractivity contribution < 1.29 is 13.9 Å². The summed E-state index contributed by atoms with van der Waals surface area (Å²) in [5.74, 6) is 0.819. The average Bonchev–Trinajstić information content (AvgIpc) is 2.95.